The van der Waals surface area contributed by atoms with Gasteiger partial charge in [-0.05, 0) is 54.4 Å². The van der Waals surface area contributed by atoms with E-state index in [1.807, 2.05) is 25.2 Å². The van der Waals surface area contributed by atoms with E-state index in [1.165, 1.54) is 16.7 Å². The van der Waals surface area contributed by atoms with E-state index in [-0.39, 0.29) is 0 Å². The molecule has 21 heavy (non-hydrogen) atoms. The molecule has 0 saturated heterocycles. The topological polar surface area (TPSA) is 21.3 Å². The molecule has 2 atom stereocenters. The first-order valence-electron chi connectivity index (χ1n) is 6.94. The summed E-state index contributed by atoms with van der Waals surface area (Å²) in [6.07, 6.45) is 1.01. The van der Waals surface area contributed by atoms with Gasteiger partial charge in [0.1, 0.15) is 5.75 Å². The Morgan fingerprint density at radius 2 is 1.86 bits per heavy atom. The number of methoxy groups -OCH3 is 1. The average Bonchev–Trinajstić information content (AvgIpc) is 2.87. The van der Waals surface area contributed by atoms with E-state index in [1.54, 1.807) is 7.11 Å². The maximum Gasteiger partial charge on any atom is 0.119 e. The fourth-order valence-corrected chi connectivity index (χ4v) is 3.41. The number of hydrogen-bond donors (Lipinski definition) is 1. The minimum Gasteiger partial charge on any atom is -0.497 e. The van der Waals surface area contributed by atoms with Gasteiger partial charge in [-0.1, -0.05) is 35.3 Å². The van der Waals surface area contributed by atoms with Crippen LogP contribution in [0.3, 0.4) is 0 Å². The molecule has 0 heterocycles. The van der Waals surface area contributed by atoms with E-state index in [0.29, 0.717) is 22.0 Å². The fraction of sp³-hybridized carbons (Fsp3) is 0.294. The third-order valence-corrected chi connectivity index (χ3v) is 4.95. The quantitative estimate of drug-likeness (QED) is 0.876. The highest BCUT2D eigenvalue weighted by molar-refractivity contribution is 6.42. The second kappa shape index (κ2) is 5.88. The van der Waals surface area contributed by atoms with Gasteiger partial charge in [0, 0.05) is 12.0 Å². The van der Waals surface area contributed by atoms with E-state index in [0.717, 1.165) is 12.2 Å². The number of nitrogens with one attached hydrogen (secondary N) is 1. The van der Waals surface area contributed by atoms with Crippen molar-refractivity contribution in [3.63, 3.8) is 0 Å². The lowest BCUT2D eigenvalue weighted by Crippen LogP contribution is -2.13. The maximum atomic E-state index is 6.17. The van der Waals surface area contributed by atoms with Gasteiger partial charge in [-0.15, -0.1) is 0 Å². The molecule has 0 fully saturated rings. The van der Waals surface area contributed by atoms with Gasteiger partial charge in [0.2, 0.25) is 0 Å². The van der Waals surface area contributed by atoms with E-state index < -0.39 is 0 Å². The molecule has 0 amide bonds. The molecule has 4 heteroatoms. The molecule has 1 aliphatic rings. The monoisotopic (exact) mass is 321 g/mol. The SMILES string of the molecule is CN[C@H]1C[C@H](c2ccc(Cl)c(Cl)c2)c2ccc(OC)cc21. The molecular formula is C17H17Cl2NO. The number of fused-ring (bicyclic) bond motifs is 1. The Kier molecular flexibility index (Phi) is 4.12. The van der Waals surface area contributed by atoms with Gasteiger partial charge >= 0.3 is 0 Å². The Bertz CT molecular complexity index is 672. The summed E-state index contributed by atoms with van der Waals surface area (Å²) in [6, 6.07) is 12.5. The van der Waals surface area contributed by atoms with Crippen LogP contribution in [-0.2, 0) is 0 Å². The van der Waals surface area contributed by atoms with Crippen LogP contribution in [0.5, 0.6) is 5.75 Å². The van der Waals surface area contributed by atoms with Gasteiger partial charge < -0.3 is 10.1 Å². The van der Waals surface area contributed by atoms with Crippen LogP contribution in [-0.4, -0.2) is 14.2 Å². The standard InChI is InChI=1S/C17H17Cl2NO/c1-20-17-9-13(10-3-6-15(18)16(19)7-10)12-5-4-11(21-2)8-14(12)17/h3-8,13,17,20H,9H2,1-2H3/t13-,17+/m1/s1. The van der Waals surface area contributed by atoms with Crippen LogP contribution < -0.4 is 10.1 Å². The molecule has 2 aromatic rings. The summed E-state index contributed by atoms with van der Waals surface area (Å²) in [7, 11) is 3.69. The lowest BCUT2D eigenvalue weighted by atomic mass is 9.93. The van der Waals surface area contributed by atoms with Crippen LogP contribution in [0.4, 0.5) is 0 Å². The van der Waals surface area contributed by atoms with Gasteiger partial charge in [-0.25, -0.2) is 0 Å². The summed E-state index contributed by atoms with van der Waals surface area (Å²) in [5.74, 6) is 1.22. The summed E-state index contributed by atoms with van der Waals surface area (Å²) in [4.78, 5) is 0. The van der Waals surface area contributed by atoms with Crippen LogP contribution in [0, 0.1) is 0 Å². The van der Waals surface area contributed by atoms with Gasteiger partial charge in [0.15, 0.2) is 0 Å². The predicted octanol–water partition coefficient (Wildman–Crippen LogP) is 4.80. The molecule has 1 N–H and O–H groups in total. The van der Waals surface area contributed by atoms with E-state index >= 15 is 0 Å². The molecule has 3 rings (SSSR count). The number of hydrogen-bond acceptors (Lipinski definition) is 2. The number of rotatable bonds is 3. The molecule has 0 bridgehead atoms. The molecule has 0 saturated carbocycles. The zero-order valence-corrected chi connectivity index (χ0v) is 13.5. The lowest BCUT2D eigenvalue weighted by Gasteiger charge is -2.13. The van der Waals surface area contributed by atoms with Gasteiger partial charge in [0.25, 0.3) is 0 Å². The van der Waals surface area contributed by atoms with Gasteiger partial charge in [0.05, 0.1) is 17.2 Å². The fourth-order valence-electron chi connectivity index (χ4n) is 3.11. The molecule has 2 nitrogen and oxygen atoms in total. The molecular weight excluding hydrogens is 305 g/mol. The molecule has 0 radical (unpaired) electrons. The minimum atomic E-state index is 0.328. The van der Waals surface area contributed by atoms with Crippen molar-refractivity contribution in [1.29, 1.82) is 0 Å². The highest BCUT2D eigenvalue weighted by atomic mass is 35.5. The Morgan fingerprint density at radius 3 is 2.52 bits per heavy atom. The van der Waals surface area contributed by atoms with Crippen molar-refractivity contribution in [2.75, 3.05) is 14.2 Å². The molecule has 110 valence electrons. The van der Waals surface area contributed by atoms with Gasteiger partial charge in [-0.3, -0.25) is 0 Å². The first-order valence-corrected chi connectivity index (χ1v) is 7.69. The van der Waals surface area contributed by atoms with Crippen molar-refractivity contribution < 1.29 is 4.74 Å². The van der Waals surface area contributed by atoms with Crippen LogP contribution in [0.1, 0.15) is 35.1 Å². The predicted molar refractivity (Wildman–Crippen MR) is 87.7 cm³/mol. The average molecular weight is 322 g/mol. The van der Waals surface area contributed by atoms with Crippen LogP contribution in [0.2, 0.25) is 10.0 Å². The van der Waals surface area contributed by atoms with Crippen molar-refractivity contribution in [2.45, 2.75) is 18.4 Å². The largest absolute Gasteiger partial charge is 0.497 e. The van der Waals surface area contributed by atoms with E-state index in [9.17, 15) is 0 Å². The molecule has 0 aromatic heterocycles. The minimum absolute atomic E-state index is 0.328. The lowest BCUT2D eigenvalue weighted by molar-refractivity contribution is 0.413. The van der Waals surface area contributed by atoms with Crippen molar-refractivity contribution >= 4 is 23.2 Å². The molecule has 0 spiro atoms. The molecule has 2 aromatic carbocycles. The number of ether oxygens (including phenoxy) is 1. The maximum absolute atomic E-state index is 6.17. The Morgan fingerprint density at radius 1 is 1.05 bits per heavy atom. The second-order valence-electron chi connectivity index (χ2n) is 5.30. The first kappa shape index (κ1) is 14.7. The zero-order valence-electron chi connectivity index (χ0n) is 12.0. The van der Waals surface area contributed by atoms with E-state index in [4.69, 9.17) is 27.9 Å². The van der Waals surface area contributed by atoms with Crippen molar-refractivity contribution in [3.05, 3.63) is 63.1 Å². The number of benzene rings is 2. The first-order chi connectivity index (χ1) is 10.1. The highest BCUT2D eigenvalue weighted by Gasteiger charge is 2.31. The third-order valence-electron chi connectivity index (χ3n) is 4.21. The molecule has 0 unspecified atom stereocenters. The van der Waals surface area contributed by atoms with Crippen molar-refractivity contribution in [1.82, 2.24) is 5.32 Å². The van der Waals surface area contributed by atoms with Crippen molar-refractivity contribution in [3.8, 4) is 5.75 Å². The third kappa shape index (κ3) is 2.64. The Hall–Kier alpha value is -1.22. The molecule has 0 aliphatic heterocycles. The van der Waals surface area contributed by atoms with Crippen LogP contribution in [0.15, 0.2) is 36.4 Å². The highest BCUT2D eigenvalue weighted by Crippen LogP contribution is 2.45. The number of halogens is 2. The summed E-state index contributed by atoms with van der Waals surface area (Å²) in [6.45, 7) is 0. The zero-order chi connectivity index (χ0) is 15.0. The normalized spacial score (nSPS) is 20.4. The van der Waals surface area contributed by atoms with Crippen LogP contribution in [0.25, 0.3) is 0 Å². The summed E-state index contributed by atoms with van der Waals surface area (Å²) < 4.78 is 5.34. The van der Waals surface area contributed by atoms with Crippen LogP contribution >= 0.6 is 23.2 Å². The summed E-state index contributed by atoms with van der Waals surface area (Å²) in [5.41, 5.74) is 3.83. The van der Waals surface area contributed by atoms with Crippen molar-refractivity contribution in [2.24, 2.45) is 0 Å². The Labute approximate surface area is 135 Å². The van der Waals surface area contributed by atoms with Gasteiger partial charge in [-0.2, -0.15) is 0 Å². The molecule has 1 aliphatic carbocycles. The van der Waals surface area contributed by atoms with E-state index in [2.05, 4.69) is 23.5 Å². The summed E-state index contributed by atoms with van der Waals surface area (Å²) in [5, 5.41) is 4.59. The smallest absolute Gasteiger partial charge is 0.119 e. The summed E-state index contributed by atoms with van der Waals surface area (Å²) >= 11 is 12.2. The Balaban J connectivity index is 2.05. The second-order valence-corrected chi connectivity index (χ2v) is 6.11.